The fraction of sp³-hybridized carbons (Fsp3) is 0.391. The predicted octanol–water partition coefficient (Wildman–Crippen LogP) is 4.43. The number of aliphatic hydroxyl groups is 1. The van der Waals surface area contributed by atoms with Gasteiger partial charge in [-0.1, -0.05) is 18.2 Å². The van der Waals surface area contributed by atoms with Gasteiger partial charge in [0, 0.05) is 54.6 Å². The van der Waals surface area contributed by atoms with E-state index >= 15 is 0 Å². The number of halogens is 4. The Hall–Kier alpha value is -2.81. The normalized spacial score (nSPS) is 24.8. The summed E-state index contributed by atoms with van der Waals surface area (Å²) in [7, 11) is -3.98. The molecule has 0 aliphatic carbocycles. The average molecular weight is 559 g/mol. The van der Waals surface area contributed by atoms with Crippen LogP contribution in [0.15, 0.2) is 53.7 Å². The van der Waals surface area contributed by atoms with Crippen molar-refractivity contribution in [3.05, 3.63) is 65.7 Å². The minimum absolute atomic E-state index is 0.0673. The molecule has 5 rings (SSSR count). The van der Waals surface area contributed by atoms with E-state index in [-0.39, 0.29) is 23.2 Å². The lowest BCUT2D eigenvalue weighted by atomic mass is 9.81. The molecule has 1 aromatic heterocycles. The maximum Gasteiger partial charge on any atom is 0.417 e. The van der Waals surface area contributed by atoms with E-state index in [4.69, 9.17) is 4.74 Å². The lowest BCUT2D eigenvalue weighted by molar-refractivity contribution is -0.280. The molecule has 0 unspecified atom stereocenters. The highest BCUT2D eigenvalue weighted by atomic mass is 32.2. The summed E-state index contributed by atoms with van der Waals surface area (Å²) in [5, 5.41) is 10.6. The molecule has 1 saturated heterocycles. The Labute approximate surface area is 214 Å². The van der Waals surface area contributed by atoms with E-state index < -0.39 is 52.5 Å². The summed E-state index contributed by atoms with van der Waals surface area (Å²) in [6.45, 7) is 0.127. The molecule has 2 N–H and O–H groups in total. The zero-order chi connectivity index (χ0) is 26.4. The van der Waals surface area contributed by atoms with Crippen molar-refractivity contribution in [2.75, 3.05) is 17.9 Å². The quantitative estimate of drug-likeness (QED) is 0.447. The Morgan fingerprint density at radius 2 is 1.92 bits per heavy atom. The van der Waals surface area contributed by atoms with Gasteiger partial charge in [-0.3, -0.25) is 9.62 Å². The fourth-order valence-corrected chi connectivity index (χ4v) is 6.56. The number of nitrogens with zero attached hydrogens (tertiary/aromatic N) is 3. The molecule has 37 heavy (non-hydrogen) atoms. The second kappa shape index (κ2) is 9.49. The number of rotatable bonds is 5. The van der Waals surface area contributed by atoms with Gasteiger partial charge in [0.25, 0.3) is 10.0 Å². The van der Waals surface area contributed by atoms with Crippen LogP contribution < -0.4 is 9.46 Å². The van der Waals surface area contributed by atoms with E-state index in [1.165, 1.54) is 42.7 Å². The lowest BCUT2D eigenvalue weighted by Crippen LogP contribution is -2.55. The Bertz CT molecular complexity index is 1370. The van der Waals surface area contributed by atoms with Crippen LogP contribution in [0.2, 0.25) is 0 Å². The number of piperidine rings is 1. The molecule has 1 fully saturated rings. The third-order valence-corrected chi connectivity index (χ3v) is 8.83. The van der Waals surface area contributed by atoms with Crippen LogP contribution in [0.1, 0.15) is 42.5 Å². The molecule has 2 aromatic carbocycles. The topological polar surface area (TPSA) is 105 Å². The van der Waals surface area contributed by atoms with Crippen molar-refractivity contribution in [3.63, 3.8) is 0 Å². The van der Waals surface area contributed by atoms with E-state index in [2.05, 4.69) is 14.1 Å². The average Bonchev–Trinajstić information content (AvgIpc) is 3.35. The van der Waals surface area contributed by atoms with Crippen LogP contribution >= 0.6 is 11.5 Å². The molecule has 0 bridgehead atoms. The van der Waals surface area contributed by atoms with Crippen molar-refractivity contribution in [1.29, 1.82) is 0 Å². The van der Waals surface area contributed by atoms with E-state index in [1.807, 2.05) is 4.90 Å². The van der Waals surface area contributed by atoms with Gasteiger partial charge in [-0.05, 0) is 30.2 Å². The number of likely N-dealkylation sites (tertiary alicyclic amines) is 1. The zero-order valence-electron chi connectivity index (χ0n) is 19.2. The number of alkyl halides is 3. The lowest BCUT2D eigenvalue weighted by Gasteiger charge is -2.48. The van der Waals surface area contributed by atoms with Gasteiger partial charge in [0.15, 0.2) is 5.60 Å². The van der Waals surface area contributed by atoms with Crippen molar-refractivity contribution in [3.8, 4) is 5.75 Å². The second-order valence-corrected chi connectivity index (χ2v) is 11.5. The van der Waals surface area contributed by atoms with Gasteiger partial charge in [0.1, 0.15) is 17.9 Å². The highest BCUT2D eigenvalue weighted by Crippen LogP contribution is 2.50. The molecule has 2 aliphatic heterocycles. The highest BCUT2D eigenvalue weighted by Gasteiger charge is 2.57. The maximum atomic E-state index is 13.8. The minimum atomic E-state index is -4.83. The van der Waals surface area contributed by atoms with Crippen LogP contribution in [0.5, 0.6) is 5.75 Å². The van der Waals surface area contributed by atoms with Gasteiger partial charge >= 0.3 is 6.18 Å². The van der Waals surface area contributed by atoms with Gasteiger partial charge in [0.05, 0.1) is 11.5 Å². The number of hydrogen-bond donors (Lipinski definition) is 2. The van der Waals surface area contributed by atoms with Crippen LogP contribution in [0.25, 0.3) is 0 Å². The molecule has 0 saturated carbocycles. The maximum absolute atomic E-state index is 13.8. The largest absolute Gasteiger partial charge is 0.493 e. The third kappa shape index (κ3) is 5.02. The number of nitrogens with one attached hydrogen (secondary N) is 1. The smallest absolute Gasteiger partial charge is 0.417 e. The molecule has 0 amide bonds. The summed E-state index contributed by atoms with van der Waals surface area (Å²) in [4.78, 5) is 5.60. The van der Waals surface area contributed by atoms with Crippen molar-refractivity contribution >= 4 is 26.7 Å². The van der Waals surface area contributed by atoms with Crippen LogP contribution in [0.3, 0.4) is 0 Å². The first-order valence-electron chi connectivity index (χ1n) is 11.3. The Morgan fingerprint density at radius 3 is 2.59 bits per heavy atom. The fourth-order valence-electron chi connectivity index (χ4n) is 4.89. The van der Waals surface area contributed by atoms with E-state index in [0.717, 1.165) is 11.5 Å². The molecule has 14 heteroatoms. The molecule has 3 heterocycles. The van der Waals surface area contributed by atoms with Crippen molar-refractivity contribution in [2.45, 2.75) is 48.0 Å². The summed E-state index contributed by atoms with van der Waals surface area (Å²) in [6, 6.07) is 8.27. The standard InChI is InChI=1S/C23H22F4N4O4S2/c24-15-3-1-14(2-4-15)19-12-22(32,23(25,26)27)8-9-31(19)18-7-10-35-20-11-16(5-6-17(18)20)37(33,34)30-21-28-13-29-36-21/h1-6,11,13,18-19,32H,7-10,12H2,(H,28,29,30)/t18-,19-,22-/m1/s1. The van der Waals surface area contributed by atoms with Crippen LogP contribution in [0.4, 0.5) is 22.7 Å². The molecule has 8 nitrogen and oxygen atoms in total. The van der Waals surface area contributed by atoms with E-state index in [0.29, 0.717) is 23.3 Å². The second-order valence-electron chi connectivity index (χ2n) is 8.99. The molecule has 198 valence electrons. The first kappa shape index (κ1) is 25.8. The monoisotopic (exact) mass is 558 g/mol. The number of ether oxygens (including phenoxy) is 1. The highest BCUT2D eigenvalue weighted by molar-refractivity contribution is 7.93. The van der Waals surface area contributed by atoms with Crippen LogP contribution in [0, 0.1) is 5.82 Å². The van der Waals surface area contributed by atoms with E-state index in [1.54, 1.807) is 6.07 Å². The molecule has 0 spiro atoms. The van der Waals surface area contributed by atoms with Gasteiger partial charge < -0.3 is 9.84 Å². The van der Waals surface area contributed by atoms with Gasteiger partial charge in [-0.25, -0.2) is 17.8 Å². The van der Waals surface area contributed by atoms with Gasteiger partial charge in [-0.2, -0.15) is 17.5 Å². The summed E-state index contributed by atoms with van der Waals surface area (Å²) < 4.78 is 92.3. The summed E-state index contributed by atoms with van der Waals surface area (Å²) in [6.07, 6.45) is -4.32. The molecular formula is C23H22F4N4O4S2. The number of aromatic nitrogens is 2. The molecule has 2 aliphatic rings. The number of sulfonamides is 1. The first-order valence-corrected chi connectivity index (χ1v) is 13.6. The molecule has 3 aromatic rings. The summed E-state index contributed by atoms with van der Waals surface area (Å²) in [5.74, 6) is -0.226. The Kier molecular flexibility index (Phi) is 6.63. The predicted molar refractivity (Wildman–Crippen MR) is 126 cm³/mol. The number of fused-ring (bicyclic) bond motifs is 1. The zero-order valence-corrected chi connectivity index (χ0v) is 20.8. The first-order chi connectivity index (χ1) is 17.5. The van der Waals surface area contributed by atoms with Gasteiger partial charge in [0.2, 0.25) is 5.13 Å². The minimum Gasteiger partial charge on any atom is -0.493 e. The van der Waals surface area contributed by atoms with Crippen LogP contribution in [-0.4, -0.2) is 52.7 Å². The third-order valence-electron chi connectivity index (χ3n) is 6.78. The number of hydrogen-bond acceptors (Lipinski definition) is 8. The van der Waals surface area contributed by atoms with Crippen molar-refractivity contribution < 1.29 is 35.8 Å². The van der Waals surface area contributed by atoms with Crippen LogP contribution in [-0.2, 0) is 10.0 Å². The molecule has 0 radical (unpaired) electrons. The summed E-state index contributed by atoms with van der Waals surface area (Å²) in [5.41, 5.74) is -1.83. The van der Waals surface area contributed by atoms with Crippen molar-refractivity contribution in [2.24, 2.45) is 0 Å². The Balaban J connectivity index is 1.48. The number of anilines is 1. The van der Waals surface area contributed by atoms with Gasteiger partial charge in [-0.15, -0.1) is 0 Å². The number of benzene rings is 2. The molecular weight excluding hydrogens is 536 g/mol. The molecule has 3 atom stereocenters. The van der Waals surface area contributed by atoms with Crippen molar-refractivity contribution in [1.82, 2.24) is 14.3 Å². The Morgan fingerprint density at radius 1 is 1.16 bits per heavy atom. The summed E-state index contributed by atoms with van der Waals surface area (Å²) >= 11 is 0.880. The SMILES string of the molecule is O=S(=O)(Nc1ncns1)c1ccc2c(c1)OCC[C@H]2N1CC[C@](O)(C(F)(F)F)C[C@@H]1c1ccc(F)cc1. The van der Waals surface area contributed by atoms with E-state index in [9.17, 15) is 31.1 Å².